The first-order valence-electron chi connectivity index (χ1n) is 15.8. The Balaban J connectivity index is 1.55. The number of para-hydroxylation sites is 2. The molecule has 0 spiro atoms. The fourth-order valence-electron chi connectivity index (χ4n) is 7.15. The van der Waals surface area contributed by atoms with Crippen LogP contribution in [0.25, 0.3) is 42.0 Å². The van der Waals surface area contributed by atoms with Crippen molar-refractivity contribution < 1.29 is 0 Å². The third-order valence-corrected chi connectivity index (χ3v) is 16.4. The van der Waals surface area contributed by atoms with Crippen molar-refractivity contribution in [2.45, 2.75) is 0 Å². The van der Waals surface area contributed by atoms with Gasteiger partial charge in [0.1, 0.15) is 10.0 Å². The summed E-state index contributed by atoms with van der Waals surface area (Å²) in [5.41, 5.74) is 6.96. The molecule has 5 heteroatoms. The van der Waals surface area contributed by atoms with Gasteiger partial charge in [-0.25, -0.2) is 9.97 Å². The lowest BCUT2D eigenvalue weighted by Crippen LogP contribution is -2.59. The average molecular weight is 653 g/mol. The molecule has 2 aromatic heterocycles. The minimum absolute atomic E-state index is 1.03. The van der Waals surface area contributed by atoms with Crippen LogP contribution in [0.4, 0.5) is 0 Å². The smallest absolute Gasteiger partial charge is 0.188 e. The van der Waals surface area contributed by atoms with Crippen LogP contribution in [-0.2, 0) is 0 Å². The van der Waals surface area contributed by atoms with Gasteiger partial charge in [-0.2, -0.15) is 0 Å². The number of thiazole rings is 2. The van der Waals surface area contributed by atoms with Crippen molar-refractivity contribution in [2.24, 2.45) is 0 Å². The summed E-state index contributed by atoms with van der Waals surface area (Å²) in [7, 11) is -3.09. The highest BCUT2D eigenvalue weighted by molar-refractivity contribution is 7.35. The Kier molecular flexibility index (Phi) is 6.89. The predicted molar refractivity (Wildman–Crippen MR) is 204 cm³/mol. The highest BCUT2D eigenvalue weighted by Gasteiger charge is 2.55. The summed E-state index contributed by atoms with van der Waals surface area (Å²) < 4.78 is 2.39. The molecule has 9 rings (SSSR count). The van der Waals surface area contributed by atoms with Crippen LogP contribution in [0.3, 0.4) is 0 Å². The lowest BCUT2D eigenvalue weighted by atomic mass is 9.91. The van der Waals surface area contributed by atoms with Crippen molar-refractivity contribution in [1.82, 2.24) is 9.97 Å². The average Bonchev–Trinajstić information content (AvgIpc) is 3.85. The Morgan fingerprint density at radius 2 is 0.702 bits per heavy atom. The summed E-state index contributed by atoms with van der Waals surface area (Å²) in [5.74, 6) is 0. The minimum atomic E-state index is -3.09. The van der Waals surface area contributed by atoms with E-state index in [-0.39, 0.29) is 0 Å². The molecule has 3 heterocycles. The van der Waals surface area contributed by atoms with Crippen LogP contribution in [0.5, 0.6) is 0 Å². The van der Waals surface area contributed by atoms with Crippen LogP contribution in [0, 0.1) is 0 Å². The van der Waals surface area contributed by atoms with Gasteiger partial charge in [0.05, 0.1) is 20.4 Å². The number of allylic oxidation sites excluding steroid dienone is 2. The van der Waals surface area contributed by atoms with Gasteiger partial charge in [-0.15, -0.1) is 22.7 Å². The molecule has 0 aliphatic carbocycles. The first kappa shape index (κ1) is 28.1. The van der Waals surface area contributed by atoms with Gasteiger partial charge in [0.25, 0.3) is 0 Å². The molecule has 0 fully saturated rings. The molecule has 0 bridgehead atoms. The Morgan fingerprint density at radius 1 is 0.362 bits per heavy atom. The van der Waals surface area contributed by atoms with Gasteiger partial charge in [0.15, 0.2) is 8.07 Å². The molecule has 1 aliphatic heterocycles. The number of hydrogen-bond donors (Lipinski definition) is 0. The molecule has 0 N–H and O–H groups in total. The van der Waals surface area contributed by atoms with Crippen LogP contribution >= 0.6 is 22.7 Å². The molecule has 2 nitrogen and oxygen atoms in total. The Bertz CT molecular complexity index is 2200. The Labute approximate surface area is 282 Å². The molecular weight excluding hydrogens is 625 g/mol. The SMILES string of the molecule is c1ccc(C2=C(c3nc4ccccc4s3)[Si](c3ccccc3)(c3ccccc3)C(c3nc4ccccc4s3)=C2c2ccccc2)cc1. The minimum Gasteiger partial charge on any atom is -0.237 e. The van der Waals surface area contributed by atoms with Crippen molar-refractivity contribution in [3.05, 3.63) is 191 Å². The number of benzene rings is 6. The van der Waals surface area contributed by atoms with Gasteiger partial charge in [-0.3, -0.25) is 0 Å². The number of rotatable bonds is 6. The number of hydrogen-bond acceptors (Lipinski definition) is 4. The van der Waals surface area contributed by atoms with Crippen molar-refractivity contribution >= 4 is 83.1 Å². The zero-order chi connectivity index (χ0) is 31.2. The van der Waals surface area contributed by atoms with Gasteiger partial charge in [-0.05, 0) is 67.3 Å². The summed E-state index contributed by atoms with van der Waals surface area (Å²) in [6, 6.07) is 61.4. The Hall–Kier alpha value is -5.20. The molecule has 0 amide bonds. The molecule has 0 atom stereocenters. The lowest BCUT2D eigenvalue weighted by molar-refractivity contribution is 1.45. The summed E-state index contributed by atoms with van der Waals surface area (Å²) >= 11 is 3.61. The van der Waals surface area contributed by atoms with Crippen LogP contribution in [0.2, 0.25) is 0 Å². The second kappa shape index (κ2) is 11.5. The van der Waals surface area contributed by atoms with E-state index in [4.69, 9.17) is 9.97 Å². The van der Waals surface area contributed by atoms with Gasteiger partial charge in [-0.1, -0.05) is 146 Å². The summed E-state index contributed by atoms with van der Waals surface area (Å²) in [5, 5.41) is 7.47. The maximum atomic E-state index is 5.47. The van der Waals surface area contributed by atoms with Crippen LogP contribution in [-0.4, -0.2) is 18.0 Å². The quantitative estimate of drug-likeness (QED) is 0.167. The number of nitrogens with zero attached hydrogens (tertiary/aromatic N) is 2. The normalized spacial score (nSPS) is 14.4. The molecule has 1 aliphatic rings. The van der Waals surface area contributed by atoms with Crippen molar-refractivity contribution in [3.63, 3.8) is 0 Å². The summed E-state index contributed by atoms with van der Waals surface area (Å²) in [6.45, 7) is 0. The zero-order valence-corrected chi connectivity index (χ0v) is 28.0. The fourth-order valence-corrected chi connectivity index (χ4v) is 15.4. The molecule has 0 saturated heterocycles. The molecule has 47 heavy (non-hydrogen) atoms. The molecule has 0 unspecified atom stereocenters. The first-order valence-corrected chi connectivity index (χ1v) is 19.4. The van der Waals surface area contributed by atoms with E-state index in [0.29, 0.717) is 0 Å². The monoisotopic (exact) mass is 652 g/mol. The molecule has 8 aromatic rings. The Morgan fingerprint density at radius 3 is 1.09 bits per heavy atom. The van der Waals surface area contributed by atoms with Crippen LogP contribution in [0.1, 0.15) is 21.1 Å². The highest BCUT2D eigenvalue weighted by atomic mass is 32.1. The molecule has 6 aromatic carbocycles. The van der Waals surface area contributed by atoms with Crippen LogP contribution < -0.4 is 10.4 Å². The largest absolute Gasteiger partial charge is 0.237 e. The third-order valence-electron chi connectivity index (χ3n) is 9.05. The van der Waals surface area contributed by atoms with E-state index in [1.807, 2.05) is 0 Å². The topological polar surface area (TPSA) is 25.8 Å². The maximum absolute atomic E-state index is 5.47. The molecular formula is C42H28N2S2Si. The van der Waals surface area contributed by atoms with E-state index < -0.39 is 8.07 Å². The predicted octanol–water partition coefficient (Wildman–Crippen LogP) is 9.78. The lowest BCUT2D eigenvalue weighted by Gasteiger charge is -2.34. The summed E-state index contributed by atoms with van der Waals surface area (Å²) in [6.07, 6.45) is 0. The second-order valence-corrected chi connectivity index (χ2v) is 17.4. The molecule has 222 valence electrons. The van der Waals surface area contributed by atoms with E-state index in [9.17, 15) is 0 Å². The second-order valence-electron chi connectivity index (χ2n) is 11.7. The standard InChI is InChI=1S/C42H28N2S2Si/c1-5-17-29(18-6-1)37-38(30-19-7-2-8-20-30)40(42-44-34-26-14-16-28-36(34)46-42)47(31-21-9-3-10-22-31,32-23-11-4-12-24-32)39(37)41-43-33-25-13-15-27-35(33)45-41/h1-28H. The van der Waals surface area contributed by atoms with E-state index in [2.05, 4.69) is 170 Å². The summed E-state index contributed by atoms with van der Waals surface area (Å²) in [4.78, 5) is 10.9. The van der Waals surface area contributed by atoms with E-state index in [0.717, 1.165) is 21.0 Å². The number of fused-ring (bicyclic) bond motifs is 2. The zero-order valence-electron chi connectivity index (χ0n) is 25.4. The van der Waals surface area contributed by atoms with Crippen molar-refractivity contribution in [2.75, 3.05) is 0 Å². The van der Waals surface area contributed by atoms with Gasteiger partial charge in [0, 0.05) is 0 Å². The first-order chi connectivity index (χ1) is 23.3. The highest BCUT2D eigenvalue weighted by Crippen LogP contribution is 2.56. The van der Waals surface area contributed by atoms with E-state index >= 15 is 0 Å². The van der Waals surface area contributed by atoms with Crippen molar-refractivity contribution in [3.8, 4) is 0 Å². The van der Waals surface area contributed by atoms with Gasteiger partial charge in [0.2, 0.25) is 0 Å². The van der Waals surface area contributed by atoms with Gasteiger partial charge < -0.3 is 0 Å². The maximum Gasteiger partial charge on any atom is 0.188 e. The van der Waals surface area contributed by atoms with Crippen LogP contribution in [0.15, 0.2) is 170 Å². The third kappa shape index (κ3) is 4.50. The van der Waals surface area contributed by atoms with E-state index in [1.165, 1.54) is 52.4 Å². The molecule has 0 radical (unpaired) electrons. The fraction of sp³-hybridized carbons (Fsp3) is 0. The number of aromatic nitrogens is 2. The molecule has 0 saturated carbocycles. The van der Waals surface area contributed by atoms with Gasteiger partial charge >= 0.3 is 0 Å². The van der Waals surface area contributed by atoms with Crippen molar-refractivity contribution in [1.29, 1.82) is 0 Å². The van der Waals surface area contributed by atoms with E-state index in [1.54, 1.807) is 22.7 Å².